The van der Waals surface area contributed by atoms with Crippen LogP contribution >= 0.6 is 0 Å². The minimum atomic E-state index is -1.41. The first-order valence-corrected chi connectivity index (χ1v) is 6.83. The van der Waals surface area contributed by atoms with E-state index in [0.717, 1.165) is 6.07 Å². The van der Waals surface area contributed by atoms with Gasteiger partial charge in [-0.2, -0.15) is 4.39 Å². The zero-order valence-corrected chi connectivity index (χ0v) is 11.9. The van der Waals surface area contributed by atoms with Gasteiger partial charge in [-0.1, -0.05) is 6.92 Å². The molecule has 0 bridgehead atoms. The van der Waals surface area contributed by atoms with Gasteiger partial charge in [-0.15, -0.1) is 0 Å². The number of rotatable bonds is 2. The van der Waals surface area contributed by atoms with Crippen LogP contribution < -0.4 is 10.2 Å². The van der Waals surface area contributed by atoms with Crippen LogP contribution in [0.1, 0.15) is 36.7 Å². The SMILES string of the molecule is CCC1Oc2c(F)c(F)cc3c(=O)c(C(=O)O)cn(c23)[C@H]1C. The zero-order chi connectivity index (χ0) is 16.2. The average Bonchev–Trinajstić information content (AvgIpc) is 2.48. The summed E-state index contributed by atoms with van der Waals surface area (Å²) in [5.74, 6) is -4.16. The number of carbonyl (C=O) groups is 1. The molecule has 0 fully saturated rings. The minimum Gasteiger partial charge on any atom is -0.483 e. The van der Waals surface area contributed by atoms with Crippen molar-refractivity contribution in [1.82, 2.24) is 4.57 Å². The third-order valence-corrected chi connectivity index (χ3v) is 4.04. The van der Waals surface area contributed by atoms with E-state index in [9.17, 15) is 18.4 Å². The highest BCUT2D eigenvalue weighted by atomic mass is 19.2. The number of hydrogen-bond acceptors (Lipinski definition) is 3. The lowest BCUT2D eigenvalue weighted by atomic mass is 10.0. The number of aromatic nitrogens is 1. The Morgan fingerprint density at radius 1 is 1.45 bits per heavy atom. The van der Waals surface area contributed by atoms with Gasteiger partial charge in [-0.3, -0.25) is 4.79 Å². The Kier molecular flexibility index (Phi) is 3.16. The largest absolute Gasteiger partial charge is 0.483 e. The first-order chi connectivity index (χ1) is 10.4. The van der Waals surface area contributed by atoms with Crippen molar-refractivity contribution in [3.8, 4) is 5.75 Å². The number of aromatic carboxylic acids is 1. The number of carboxylic acid groups (broad SMARTS) is 1. The average molecular weight is 309 g/mol. The molecule has 0 spiro atoms. The van der Waals surface area contributed by atoms with Gasteiger partial charge in [-0.05, 0) is 19.4 Å². The summed E-state index contributed by atoms with van der Waals surface area (Å²) in [4.78, 5) is 23.4. The molecule has 0 amide bonds. The van der Waals surface area contributed by atoms with E-state index in [1.165, 1.54) is 10.8 Å². The van der Waals surface area contributed by atoms with E-state index >= 15 is 0 Å². The third-order valence-electron chi connectivity index (χ3n) is 4.04. The molecule has 22 heavy (non-hydrogen) atoms. The number of benzene rings is 1. The Morgan fingerprint density at radius 2 is 2.14 bits per heavy atom. The molecule has 7 heteroatoms. The zero-order valence-electron chi connectivity index (χ0n) is 11.9. The van der Waals surface area contributed by atoms with Crippen molar-refractivity contribution < 1.29 is 23.4 Å². The van der Waals surface area contributed by atoms with Gasteiger partial charge >= 0.3 is 5.97 Å². The van der Waals surface area contributed by atoms with E-state index in [1.807, 2.05) is 6.92 Å². The molecule has 1 unspecified atom stereocenters. The van der Waals surface area contributed by atoms with Gasteiger partial charge in [0.2, 0.25) is 11.2 Å². The molecular formula is C15H13F2NO4. The van der Waals surface area contributed by atoms with Crippen LogP contribution in [0.15, 0.2) is 17.1 Å². The van der Waals surface area contributed by atoms with Crippen LogP contribution in [-0.4, -0.2) is 21.7 Å². The monoisotopic (exact) mass is 309 g/mol. The Bertz CT molecular complexity index is 859. The molecule has 0 aliphatic carbocycles. The normalized spacial score (nSPS) is 20.0. The van der Waals surface area contributed by atoms with Gasteiger partial charge in [0.1, 0.15) is 11.7 Å². The molecular weight excluding hydrogens is 296 g/mol. The van der Waals surface area contributed by atoms with Crippen LogP contribution in [0.4, 0.5) is 8.78 Å². The van der Waals surface area contributed by atoms with E-state index in [1.54, 1.807) is 6.92 Å². The third kappa shape index (κ3) is 1.81. The summed E-state index contributed by atoms with van der Waals surface area (Å²) in [5, 5.41) is 8.95. The molecule has 5 nitrogen and oxygen atoms in total. The van der Waals surface area contributed by atoms with Crippen LogP contribution in [0.5, 0.6) is 5.75 Å². The standard InChI is InChI=1S/C15H13F2NO4/c1-3-10-6(2)18-5-8(15(20)21)13(19)7-4-9(16)11(17)14(22-10)12(7)18/h4-6,10H,3H2,1-2H3,(H,20,21)/t6-,10?/m0/s1. The quantitative estimate of drug-likeness (QED) is 0.926. The molecule has 116 valence electrons. The first-order valence-electron chi connectivity index (χ1n) is 6.83. The molecule has 3 rings (SSSR count). The molecule has 0 saturated heterocycles. The van der Waals surface area contributed by atoms with Crippen molar-refractivity contribution in [3.63, 3.8) is 0 Å². The van der Waals surface area contributed by atoms with Crippen molar-refractivity contribution in [3.05, 3.63) is 39.7 Å². The predicted molar refractivity (Wildman–Crippen MR) is 74.5 cm³/mol. The van der Waals surface area contributed by atoms with E-state index in [0.29, 0.717) is 6.42 Å². The minimum absolute atomic E-state index is 0.0890. The Morgan fingerprint density at radius 3 is 2.73 bits per heavy atom. The first kappa shape index (κ1) is 14.5. The van der Waals surface area contributed by atoms with E-state index in [4.69, 9.17) is 9.84 Å². The number of carboxylic acids is 1. The molecule has 1 N–H and O–H groups in total. The molecule has 1 aliphatic heterocycles. The fourth-order valence-electron chi connectivity index (χ4n) is 2.86. The Hall–Kier alpha value is -2.44. The lowest BCUT2D eigenvalue weighted by molar-refractivity contribution is 0.0693. The highest BCUT2D eigenvalue weighted by molar-refractivity contribution is 5.94. The maximum atomic E-state index is 14.0. The molecule has 2 atom stereocenters. The van der Waals surface area contributed by atoms with Crippen molar-refractivity contribution in [2.45, 2.75) is 32.4 Å². The fourth-order valence-corrected chi connectivity index (χ4v) is 2.86. The van der Waals surface area contributed by atoms with Gasteiger partial charge < -0.3 is 14.4 Å². The lowest BCUT2D eigenvalue weighted by Crippen LogP contribution is -2.34. The van der Waals surface area contributed by atoms with Crippen molar-refractivity contribution in [2.75, 3.05) is 0 Å². The van der Waals surface area contributed by atoms with E-state index in [-0.39, 0.29) is 22.7 Å². The van der Waals surface area contributed by atoms with Crippen LogP contribution in [0.25, 0.3) is 10.9 Å². The molecule has 0 radical (unpaired) electrons. The smallest absolute Gasteiger partial charge is 0.341 e. The van der Waals surface area contributed by atoms with Gasteiger partial charge in [-0.25, -0.2) is 9.18 Å². The second-order valence-corrected chi connectivity index (χ2v) is 5.29. The Balaban J connectivity index is 2.51. The van der Waals surface area contributed by atoms with Crippen LogP contribution in [0.2, 0.25) is 0 Å². The topological polar surface area (TPSA) is 68.5 Å². The van der Waals surface area contributed by atoms with Crippen LogP contribution in [0.3, 0.4) is 0 Å². The number of nitrogens with zero attached hydrogens (tertiary/aromatic N) is 1. The van der Waals surface area contributed by atoms with Gasteiger partial charge in [0, 0.05) is 6.20 Å². The Labute approximate surface area is 123 Å². The number of pyridine rings is 1. The summed E-state index contributed by atoms with van der Waals surface area (Å²) in [5.41, 5.74) is -1.25. The van der Waals surface area contributed by atoms with Gasteiger partial charge in [0.25, 0.3) is 0 Å². The molecule has 1 aromatic carbocycles. The summed E-state index contributed by atoms with van der Waals surface area (Å²) in [6.07, 6.45) is 1.24. The lowest BCUT2D eigenvalue weighted by Gasteiger charge is -2.33. The molecule has 1 aromatic heterocycles. The van der Waals surface area contributed by atoms with E-state index in [2.05, 4.69) is 0 Å². The molecule has 0 saturated carbocycles. The summed E-state index contributed by atoms with van der Waals surface area (Å²) in [6.45, 7) is 3.59. The second kappa shape index (κ2) is 4.79. The molecule has 1 aliphatic rings. The summed E-state index contributed by atoms with van der Waals surface area (Å²) >= 11 is 0. The highest BCUT2D eigenvalue weighted by Gasteiger charge is 2.32. The summed E-state index contributed by atoms with van der Waals surface area (Å²) < 4.78 is 34.8. The maximum absolute atomic E-state index is 14.0. The number of halogens is 2. The second-order valence-electron chi connectivity index (χ2n) is 5.29. The summed E-state index contributed by atoms with van der Waals surface area (Å²) in [6, 6.07) is 0.408. The van der Waals surface area contributed by atoms with Crippen LogP contribution in [-0.2, 0) is 0 Å². The van der Waals surface area contributed by atoms with E-state index < -0.39 is 34.7 Å². The van der Waals surface area contributed by atoms with Crippen molar-refractivity contribution >= 4 is 16.9 Å². The molecule has 2 heterocycles. The van der Waals surface area contributed by atoms with Gasteiger partial charge in [0.05, 0.1) is 16.9 Å². The van der Waals surface area contributed by atoms with Gasteiger partial charge in [0.15, 0.2) is 11.6 Å². The predicted octanol–water partition coefficient (Wildman–Crippen LogP) is 2.71. The van der Waals surface area contributed by atoms with Crippen LogP contribution in [0, 0.1) is 11.6 Å². The van der Waals surface area contributed by atoms with Crippen molar-refractivity contribution in [2.24, 2.45) is 0 Å². The highest BCUT2D eigenvalue weighted by Crippen LogP contribution is 2.38. The fraction of sp³-hybridized carbons (Fsp3) is 0.333. The summed E-state index contributed by atoms with van der Waals surface area (Å²) in [7, 11) is 0. The number of hydrogen-bond donors (Lipinski definition) is 1. The maximum Gasteiger partial charge on any atom is 0.341 e. The van der Waals surface area contributed by atoms with Crippen molar-refractivity contribution in [1.29, 1.82) is 0 Å². The molecule has 2 aromatic rings. The number of ether oxygens (including phenoxy) is 1.